The molecule has 2 heterocycles. The fourth-order valence-electron chi connectivity index (χ4n) is 4.38. The van der Waals surface area contributed by atoms with Gasteiger partial charge >= 0.3 is 0 Å². The number of hydrogen-bond acceptors (Lipinski definition) is 3. The lowest BCUT2D eigenvalue weighted by atomic mass is 9.95. The number of fused-ring (bicyclic) bond motifs is 1. The number of aromatic nitrogens is 1. The van der Waals surface area contributed by atoms with Crippen molar-refractivity contribution < 1.29 is 9.53 Å². The molecule has 5 nitrogen and oxygen atoms in total. The van der Waals surface area contributed by atoms with E-state index in [2.05, 4.69) is 35.0 Å². The summed E-state index contributed by atoms with van der Waals surface area (Å²) in [5.41, 5.74) is 2.99. The van der Waals surface area contributed by atoms with Crippen LogP contribution in [0.4, 0.5) is 0 Å². The zero-order chi connectivity index (χ0) is 20.9. The third kappa shape index (κ3) is 4.68. The maximum atomic E-state index is 13.1. The maximum Gasteiger partial charge on any atom is 0.270 e. The Labute approximate surface area is 178 Å². The normalized spacial score (nSPS) is 15.4. The lowest BCUT2D eigenvalue weighted by Crippen LogP contribution is -2.40. The van der Waals surface area contributed by atoms with Gasteiger partial charge in [-0.2, -0.15) is 0 Å². The van der Waals surface area contributed by atoms with E-state index in [0.717, 1.165) is 62.2 Å². The predicted molar refractivity (Wildman–Crippen MR) is 121 cm³/mol. The van der Waals surface area contributed by atoms with Gasteiger partial charge in [-0.25, -0.2) is 0 Å². The summed E-state index contributed by atoms with van der Waals surface area (Å²) in [6, 6.07) is 18.3. The quantitative estimate of drug-likeness (QED) is 0.627. The molecule has 0 spiro atoms. The number of rotatable bonds is 7. The Hall–Kier alpha value is -2.79. The summed E-state index contributed by atoms with van der Waals surface area (Å²) < 4.78 is 5.34. The van der Waals surface area contributed by atoms with Gasteiger partial charge < -0.3 is 14.6 Å². The number of H-pyrrole nitrogens is 1. The Kier molecular flexibility index (Phi) is 6.38. The molecule has 5 heteroatoms. The molecule has 1 aliphatic rings. The first-order valence-corrected chi connectivity index (χ1v) is 10.9. The number of piperidine rings is 1. The van der Waals surface area contributed by atoms with Gasteiger partial charge in [-0.1, -0.05) is 30.3 Å². The summed E-state index contributed by atoms with van der Waals surface area (Å²) in [5, 5.41) is 1.09. The first-order valence-electron chi connectivity index (χ1n) is 10.9. The number of carbonyl (C=O) groups is 1. The minimum absolute atomic E-state index is 0.104. The number of nitrogens with zero attached hydrogens (tertiary/aromatic N) is 2. The zero-order valence-corrected chi connectivity index (χ0v) is 17.9. The lowest BCUT2D eigenvalue weighted by molar-refractivity contribution is 0.0694. The number of hydrogen-bond donors (Lipinski definition) is 1. The Morgan fingerprint density at radius 1 is 1.13 bits per heavy atom. The fourth-order valence-corrected chi connectivity index (χ4v) is 4.38. The smallest absolute Gasteiger partial charge is 0.270 e. The Balaban J connectivity index is 1.32. The fraction of sp³-hybridized carbons (Fsp3) is 0.400. The van der Waals surface area contributed by atoms with Gasteiger partial charge in [0.25, 0.3) is 5.91 Å². The molecule has 1 saturated heterocycles. The highest BCUT2D eigenvalue weighted by atomic mass is 16.5. The highest BCUT2D eigenvalue weighted by molar-refractivity contribution is 5.98. The SMILES string of the molecule is CCN(CC1CCN(Cc2cccc(OC)c2)CC1)C(=O)c1cc2ccccc2[nH]1. The van der Waals surface area contributed by atoms with Crippen LogP contribution in [0.3, 0.4) is 0 Å². The van der Waals surface area contributed by atoms with Crippen molar-refractivity contribution in [2.24, 2.45) is 5.92 Å². The van der Waals surface area contributed by atoms with E-state index in [4.69, 9.17) is 4.74 Å². The van der Waals surface area contributed by atoms with Crippen LogP contribution in [-0.4, -0.2) is 54.0 Å². The van der Waals surface area contributed by atoms with Crippen LogP contribution in [-0.2, 0) is 6.54 Å². The summed E-state index contributed by atoms with van der Waals surface area (Å²) in [6.07, 6.45) is 2.25. The molecule has 4 rings (SSSR count). The van der Waals surface area contributed by atoms with Gasteiger partial charge in [0.05, 0.1) is 7.11 Å². The molecule has 0 bridgehead atoms. The molecule has 158 valence electrons. The maximum absolute atomic E-state index is 13.1. The van der Waals surface area contributed by atoms with E-state index in [-0.39, 0.29) is 5.91 Å². The van der Waals surface area contributed by atoms with Crippen molar-refractivity contribution in [3.05, 3.63) is 65.9 Å². The molecule has 1 fully saturated rings. The minimum Gasteiger partial charge on any atom is -0.497 e. The van der Waals surface area contributed by atoms with Crippen molar-refractivity contribution in [2.45, 2.75) is 26.3 Å². The van der Waals surface area contributed by atoms with Crippen LogP contribution < -0.4 is 4.74 Å². The van der Waals surface area contributed by atoms with E-state index in [9.17, 15) is 4.79 Å². The van der Waals surface area contributed by atoms with Crippen molar-refractivity contribution in [1.29, 1.82) is 0 Å². The first-order chi connectivity index (χ1) is 14.7. The number of carbonyl (C=O) groups excluding carboxylic acids is 1. The number of ether oxygens (including phenoxy) is 1. The number of para-hydroxylation sites is 1. The third-order valence-electron chi connectivity index (χ3n) is 6.16. The van der Waals surface area contributed by atoms with Crippen LogP contribution in [0.2, 0.25) is 0 Å². The molecule has 0 radical (unpaired) electrons. The molecule has 3 aromatic rings. The topological polar surface area (TPSA) is 48.6 Å². The second kappa shape index (κ2) is 9.35. The Morgan fingerprint density at radius 2 is 1.93 bits per heavy atom. The van der Waals surface area contributed by atoms with Gasteiger partial charge in [0, 0.05) is 30.5 Å². The van der Waals surface area contributed by atoms with Gasteiger partial charge in [-0.05, 0) is 68.6 Å². The van der Waals surface area contributed by atoms with Gasteiger partial charge in [-0.15, -0.1) is 0 Å². The Morgan fingerprint density at radius 3 is 2.67 bits per heavy atom. The van der Waals surface area contributed by atoms with Gasteiger partial charge in [-0.3, -0.25) is 9.69 Å². The van der Waals surface area contributed by atoms with Gasteiger partial charge in [0.15, 0.2) is 0 Å². The molecule has 1 N–H and O–H groups in total. The number of amides is 1. The van der Waals surface area contributed by atoms with Crippen molar-refractivity contribution in [2.75, 3.05) is 33.3 Å². The van der Waals surface area contributed by atoms with Gasteiger partial charge in [0.1, 0.15) is 11.4 Å². The van der Waals surface area contributed by atoms with Crippen LogP contribution in [0.15, 0.2) is 54.6 Å². The van der Waals surface area contributed by atoms with Crippen LogP contribution in [0.5, 0.6) is 5.75 Å². The monoisotopic (exact) mass is 405 g/mol. The zero-order valence-electron chi connectivity index (χ0n) is 17.9. The van der Waals surface area contributed by atoms with E-state index in [0.29, 0.717) is 11.6 Å². The van der Waals surface area contributed by atoms with Gasteiger partial charge in [0.2, 0.25) is 0 Å². The summed E-state index contributed by atoms with van der Waals surface area (Å²) in [4.78, 5) is 20.8. The molecule has 1 aliphatic heterocycles. The molecule has 0 aliphatic carbocycles. The van der Waals surface area contributed by atoms with Crippen LogP contribution in [0.1, 0.15) is 35.8 Å². The van der Waals surface area contributed by atoms with Crippen molar-refractivity contribution in [3.8, 4) is 5.75 Å². The second-order valence-electron chi connectivity index (χ2n) is 8.19. The molecular formula is C25H31N3O2. The average Bonchev–Trinajstić information content (AvgIpc) is 3.22. The highest BCUT2D eigenvalue weighted by Crippen LogP contribution is 2.23. The molecule has 0 saturated carbocycles. The molecule has 30 heavy (non-hydrogen) atoms. The third-order valence-corrected chi connectivity index (χ3v) is 6.16. The molecule has 0 atom stereocenters. The minimum atomic E-state index is 0.104. The standard InChI is InChI=1S/C25H31N3O2/c1-3-28(25(29)24-16-21-8-4-5-10-23(21)26-24)18-19-11-13-27(14-12-19)17-20-7-6-9-22(15-20)30-2/h4-10,15-16,19,26H,3,11-14,17-18H2,1-2H3. The predicted octanol–water partition coefficient (Wildman–Crippen LogP) is 4.55. The number of aromatic amines is 1. The molecule has 1 aromatic heterocycles. The van der Waals surface area contributed by atoms with E-state index in [1.807, 2.05) is 41.3 Å². The molecule has 2 aromatic carbocycles. The van der Waals surface area contributed by atoms with Crippen LogP contribution in [0.25, 0.3) is 10.9 Å². The summed E-state index contributed by atoms with van der Waals surface area (Å²) in [5.74, 6) is 1.57. The van der Waals surface area contributed by atoms with E-state index >= 15 is 0 Å². The van der Waals surface area contributed by atoms with Crippen LogP contribution >= 0.6 is 0 Å². The number of likely N-dealkylation sites (tertiary alicyclic amines) is 1. The van der Waals surface area contributed by atoms with E-state index in [1.54, 1.807) is 7.11 Å². The Bertz CT molecular complexity index is 956. The van der Waals surface area contributed by atoms with E-state index < -0.39 is 0 Å². The van der Waals surface area contributed by atoms with E-state index in [1.165, 1.54) is 5.56 Å². The molecular weight excluding hydrogens is 374 g/mol. The molecule has 1 amide bonds. The largest absolute Gasteiger partial charge is 0.497 e. The summed E-state index contributed by atoms with van der Waals surface area (Å²) in [7, 11) is 1.71. The van der Waals surface area contributed by atoms with Crippen molar-refractivity contribution in [3.63, 3.8) is 0 Å². The van der Waals surface area contributed by atoms with Crippen LogP contribution in [0, 0.1) is 5.92 Å². The van der Waals surface area contributed by atoms with Crippen molar-refractivity contribution >= 4 is 16.8 Å². The molecule has 0 unspecified atom stereocenters. The van der Waals surface area contributed by atoms with Crippen molar-refractivity contribution in [1.82, 2.24) is 14.8 Å². The number of methoxy groups -OCH3 is 1. The average molecular weight is 406 g/mol. The highest BCUT2D eigenvalue weighted by Gasteiger charge is 2.24. The number of benzene rings is 2. The first kappa shape index (κ1) is 20.5. The second-order valence-corrected chi connectivity index (χ2v) is 8.19. The lowest BCUT2D eigenvalue weighted by Gasteiger charge is -2.34. The summed E-state index contributed by atoms with van der Waals surface area (Å²) >= 11 is 0. The summed E-state index contributed by atoms with van der Waals surface area (Å²) in [6.45, 7) is 6.73. The number of nitrogens with one attached hydrogen (secondary N) is 1.